The van der Waals surface area contributed by atoms with Crippen LogP contribution in [0.4, 0.5) is 0 Å². The van der Waals surface area contributed by atoms with Gasteiger partial charge in [-0.3, -0.25) is 4.79 Å². The van der Waals surface area contributed by atoms with E-state index >= 15 is 0 Å². The monoisotopic (exact) mass is 223 g/mol. The first-order chi connectivity index (χ1) is 7.16. The van der Waals surface area contributed by atoms with Crippen molar-refractivity contribution in [3.8, 4) is 0 Å². The van der Waals surface area contributed by atoms with E-state index in [1.807, 2.05) is 12.1 Å². The molecule has 2 aromatic rings. The molecule has 1 heterocycles. The maximum atomic E-state index is 10.7. The minimum absolute atomic E-state index is 0.467. The van der Waals surface area contributed by atoms with Crippen molar-refractivity contribution in [3.63, 3.8) is 0 Å². The number of hydrogen-bond acceptors (Lipinski definition) is 4. The van der Waals surface area contributed by atoms with Crippen molar-refractivity contribution in [2.45, 2.75) is 17.1 Å². The van der Waals surface area contributed by atoms with Crippen molar-refractivity contribution in [1.82, 2.24) is 4.98 Å². The van der Waals surface area contributed by atoms with E-state index < -0.39 is 11.2 Å². The van der Waals surface area contributed by atoms with Crippen LogP contribution < -0.4 is 0 Å². The molecule has 1 aromatic carbocycles. The summed E-state index contributed by atoms with van der Waals surface area (Å²) in [5, 5.41) is 8.29. The average Bonchev–Trinajstić information content (AvgIpc) is 2.64. The van der Waals surface area contributed by atoms with E-state index in [0.29, 0.717) is 5.58 Å². The molecule has 0 amide bonds. The number of carboxylic acids is 1. The first kappa shape index (κ1) is 10.0. The summed E-state index contributed by atoms with van der Waals surface area (Å²) in [5.74, 6) is -0.822. The van der Waals surface area contributed by atoms with Crippen molar-refractivity contribution in [1.29, 1.82) is 0 Å². The SMILES string of the molecule is CC(Sc1ccc2ncoc2c1)C(=O)O. The third-order valence-corrected chi connectivity index (χ3v) is 3.04. The second-order valence-corrected chi connectivity index (χ2v) is 4.49. The molecule has 1 unspecified atom stereocenters. The van der Waals surface area contributed by atoms with Crippen molar-refractivity contribution in [2.75, 3.05) is 0 Å². The molecule has 0 aliphatic carbocycles. The lowest BCUT2D eigenvalue weighted by Crippen LogP contribution is -2.10. The number of nitrogens with zero attached hydrogens (tertiary/aromatic N) is 1. The van der Waals surface area contributed by atoms with Crippen LogP contribution in [0.2, 0.25) is 0 Å². The molecule has 1 aromatic heterocycles. The maximum absolute atomic E-state index is 10.7. The number of aromatic nitrogens is 1. The van der Waals surface area contributed by atoms with Gasteiger partial charge in [0.15, 0.2) is 12.0 Å². The lowest BCUT2D eigenvalue weighted by Gasteiger charge is -2.04. The number of hydrogen-bond donors (Lipinski definition) is 1. The Kier molecular flexibility index (Phi) is 2.64. The van der Waals surface area contributed by atoms with Gasteiger partial charge in [-0.2, -0.15) is 0 Å². The fourth-order valence-electron chi connectivity index (χ4n) is 1.16. The number of thioether (sulfide) groups is 1. The molecule has 5 heteroatoms. The molecule has 1 atom stereocenters. The highest BCUT2D eigenvalue weighted by molar-refractivity contribution is 8.00. The number of carbonyl (C=O) groups is 1. The fraction of sp³-hybridized carbons (Fsp3) is 0.200. The van der Waals surface area contributed by atoms with Gasteiger partial charge < -0.3 is 9.52 Å². The van der Waals surface area contributed by atoms with Crippen LogP contribution in [0.25, 0.3) is 11.1 Å². The smallest absolute Gasteiger partial charge is 0.316 e. The highest BCUT2D eigenvalue weighted by atomic mass is 32.2. The van der Waals surface area contributed by atoms with Crippen LogP contribution in [-0.2, 0) is 4.79 Å². The van der Waals surface area contributed by atoms with Crippen LogP contribution in [0.15, 0.2) is 33.9 Å². The van der Waals surface area contributed by atoms with E-state index in [9.17, 15) is 4.79 Å². The quantitative estimate of drug-likeness (QED) is 0.809. The molecule has 0 saturated heterocycles. The van der Waals surface area contributed by atoms with Gasteiger partial charge in [-0.1, -0.05) is 0 Å². The minimum atomic E-state index is -0.822. The third kappa shape index (κ3) is 2.12. The summed E-state index contributed by atoms with van der Waals surface area (Å²) in [7, 11) is 0. The largest absolute Gasteiger partial charge is 0.480 e. The molecule has 0 aliphatic rings. The molecule has 78 valence electrons. The van der Waals surface area contributed by atoms with Crippen molar-refractivity contribution in [2.24, 2.45) is 0 Å². The van der Waals surface area contributed by atoms with Gasteiger partial charge in [-0.25, -0.2) is 4.98 Å². The summed E-state index contributed by atoms with van der Waals surface area (Å²) in [6.07, 6.45) is 1.37. The normalized spacial score (nSPS) is 12.9. The standard InChI is InChI=1S/C10H9NO3S/c1-6(10(12)13)15-7-2-3-8-9(4-7)14-5-11-8/h2-6H,1H3,(H,12,13). The lowest BCUT2D eigenvalue weighted by molar-refractivity contribution is -0.136. The van der Waals surface area contributed by atoms with E-state index in [1.54, 1.807) is 13.0 Å². The Morgan fingerprint density at radius 3 is 3.13 bits per heavy atom. The van der Waals surface area contributed by atoms with E-state index in [1.165, 1.54) is 18.2 Å². The number of rotatable bonds is 3. The van der Waals surface area contributed by atoms with Crippen LogP contribution in [0, 0.1) is 0 Å². The van der Waals surface area contributed by atoms with Crippen LogP contribution in [0.1, 0.15) is 6.92 Å². The topological polar surface area (TPSA) is 63.3 Å². The first-order valence-electron chi connectivity index (χ1n) is 4.39. The molecule has 0 aliphatic heterocycles. The van der Waals surface area contributed by atoms with Gasteiger partial charge in [0.25, 0.3) is 0 Å². The summed E-state index contributed by atoms with van der Waals surface area (Å²) in [5.41, 5.74) is 1.46. The zero-order chi connectivity index (χ0) is 10.8. The van der Waals surface area contributed by atoms with Crippen LogP contribution in [0.5, 0.6) is 0 Å². The Bertz CT molecular complexity index is 494. The Labute approximate surface area is 90.3 Å². The summed E-state index contributed by atoms with van der Waals surface area (Å²) < 4.78 is 5.13. The van der Waals surface area contributed by atoms with Gasteiger partial charge in [-0.05, 0) is 25.1 Å². The summed E-state index contributed by atoms with van der Waals surface area (Å²) >= 11 is 1.28. The predicted octanol–water partition coefficient (Wildman–Crippen LogP) is 2.39. The summed E-state index contributed by atoms with van der Waals surface area (Å²) in [6, 6.07) is 5.46. The Morgan fingerprint density at radius 1 is 1.60 bits per heavy atom. The molecule has 0 saturated carbocycles. The molecular weight excluding hydrogens is 214 g/mol. The number of aliphatic carboxylic acids is 1. The van der Waals surface area contributed by atoms with Crippen LogP contribution in [0.3, 0.4) is 0 Å². The number of carboxylic acid groups (broad SMARTS) is 1. The van der Waals surface area contributed by atoms with Gasteiger partial charge in [0.1, 0.15) is 10.8 Å². The van der Waals surface area contributed by atoms with Crippen LogP contribution in [-0.4, -0.2) is 21.3 Å². The first-order valence-corrected chi connectivity index (χ1v) is 5.27. The van der Waals surface area contributed by atoms with Crippen LogP contribution >= 0.6 is 11.8 Å². The second-order valence-electron chi connectivity index (χ2n) is 3.08. The Morgan fingerprint density at radius 2 is 2.40 bits per heavy atom. The fourth-order valence-corrected chi connectivity index (χ4v) is 1.99. The van der Waals surface area contributed by atoms with Gasteiger partial charge >= 0.3 is 5.97 Å². The maximum Gasteiger partial charge on any atom is 0.316 e. The van der Waals surface area contributed by atoms with Crippen molar-refractivity contribution in [3.05, 3.63) is 24.6 Å². The average molecular weight is 223 g/mol. The molecule has 4 nitrogen and oxygen atoms in total. The number of benzene rings is 1. The van der Waals surface area contributed by atoms with Gasteiger partial charge in [0.2, 0.25) is 0 Å². The number of oxazole rings is 1. The van der Waals surface area contributed by atoms with E-state index in [4.69, 9.17) is 9.52 Å². The molecule has 0 fully saturated rings. The molecular formula is C10H9NO3S. The third-order valence-electron chi connectivity index (χ3n) is 1.96. The van der Waals surface area contributed by atoms with E-state index in [-0.39, 0.29) is 0 Å². The second kappa shape index (κ2) is 3.94. The predicted molar refractivity (Wildman–Crippen MR) is 57.0 cm³/mol. The Balaban J connectivity index is 2.24. The molecule has 1 N–H and O–H groups in total. The van der Waals surface area contributed by atoms with E-state index in [0.717, 1.165) is 10.4 Å². The zero-order valence-electron chi connectivity index (χ0n) is 8.01. The summed E-state index contributed by atoms with van der Waals surface area (Å²) in [4.78, 5) is 15.5. The molecule has 0 spiro atoms. The lowest BCUT2D eigenvalue weighted by atomic mass is 10.3. The zero-order valence-corrected chi connectivity index (χ0v) is 8.82. The molecule has 0 radical (unpaired) electrons. The highest BCUT2D eigenvalue weighted by Crippen LogP contribution is 2.26. The van der Waals surface area contributed by atoms with Gasteiger partial charge in [-0.15, -0.1) is 11.8 Å². The van der Waals surface area contributed by atoms with Gasteiger partial charge in [0, 0.05) is 4.90 Å². The van der Waals surface area contributed by atoms with E-state index in [2.05, 4.69) is 4.98 Å². The molecule has 0 bridgehead atoms. The van der Waals surface area contributed by atoms with Gasteiger partial charge in [0.05, 0.1) is 0 Å². The molecule has 2 rings (SSSR count). The minimum Gasteiger partial charge on any atom is -0.480 e. The van der Waals surface area contributed by atoms with Crippen molar-refractivity contribution < 1.29 is 14.3 Å². The Hall–Kier alpha value is -1.49. The summed E-state index contributed by atoms with van der Waals surface area (Å²) in [6.45, 7) is 1.65. The van der Waals surface area contributed by atoms with Crippen molar-refractivity contribution >= 4 is 28.8 Å². The highest BCUT2D eigenvalue weighted by Gasteiger charge is 2.12. The molecule has 15 heavy (non-hydrogen) atoms. The number of fused-ring (bicyclic) bond motifs is 1.